The summed E-state index contributed by atoms with van der Waals surface area (Å²) >= 11 is 0. The Morgan fingerprint density at radius 3 is 2.45 bits per heavy atom. The Labute approximate surface area is 171 Å². The molecule has 2 amide bonds. The van der Waals surface area contributed by atoms with E-state index >= 15 is 0 Å². The molecule has 1 aliphatic heterocycles. The molecule has 1 aromatic carbocycles. The smallest absolute Gasteiger partial charge is 0.291 e. The fourth-order valence-electron chi connectivity index (χ4n) is 4.25. The number of aromatic nitrogens is 2. The van der Waals surface area contributed by atoms with E-state index in [-0.39, 0.29) is 17.9 Å². The van der Waals surface area contributed by atoms with Crippen molar-refractivity contribution in [3.8, 4) is 0 Å². The molecule has 0 spiro atoms. The molecule has 2 heterocycles. The highest BCUT2D eigenvalue weighted by Gasteiger charge is 2.29. The molecule has 2 aromatic rings. The van der Waals surface area contributed by atoms with E-state index in [1.807, 2.05) is 47.8 Å². The van der Waals surface area contributed by atoms with Gasteiger partial charge in [0.25, 0.3) is 11.8 Å². The monoisotopic (exact) mass is 395 g/mol. The number of carbonyl (C=O) groups is 2. The maximum atomic E-state index is 12.9. The van der Waals surface area contributed by atoms with Gasteiger partial charge in [0.05, 0.1) is 5.69 Å². The van der Waals surface area contributed by atoms with Crippen LogP contribution in [0.2, 0.25) is 0 Å². The third-order valence-corrected chi connectivity index (χ3v) is 5.87. The van der Waals surface area contributed by atoms with Crippen LogP contribution in [0.25, 0.3) is 0 Å². The number of carbonyl (C=O) groups excluding carboxylic acids is 2. The molecular weight excluding hydrogens is 366 g/mol. The van der Waals surface area contributed by atoms with E-state index in [0.29, 0.717) is 17.2 Å². The van der Waals surface area contributed by atoms with E-state index in [1.165, 1.54) is 0 Å². The van der Waals surface area contributed by atoms with Gasteiger partial charge in [0.1, 0.15) is 5.69 Å². The van der Waals surface area contributed by atoms with Crippen LogP contribution in [0.1, 0.15) is 65.3 Å². The van der Waals surface area contributed by atoms with Gasteiger partial charge in [-0.1, -0.05) is 12.8 Å². The minimum Gasteiger partial charge on any atom is -0.378 e. The number of imidazole rings is 1. The molecule has 2 aliphatic rings. The molecule has 0 atom stereocenters. The predicted octanol–water partition coefficient (Wildman–Crippen LogP) is 3.21. The zero-order valence-electron chi connectivity index (χ0n) is 17.2. The second kappa shape index (κ2) is 8.27. The lowest BCUT2D eigenvalue weighted by Gasteiger charge is -2.18. The Kier molecular flexibility index (Phi) is 5.56. The van der Waals surface area contributed by atoms with Gasteiger partial charge in [0, 0.05) is 38.1 Å². The molecule has 0 saturated heterocycles. The van der Waals surface area contributed by atoms with Crippen LogP contribution < -0.4 is 15.5 Å². The van der Waals surface area contributed by atoms with Crippen LogP contribution in [0.3, 0.4) is 0 Å². The first-order valence-corrected chi connectivity index (χ1v) is 10.5. The quantitative estimate of drug-likeness (QED) is 0.815. The van der Waals surface area contributed by atoms with Crippen molar-refractivity contribution in [3.63, 3.8) is 0 Å². The number of fused-ring (bicyclic) bond motifs is 1. The Balaban J connectivity index is 1.55. The van der Waals surface area contributed by atoms with E-state index in [9.17, 15) is 9.59 Å². The maximum absolute atomic E-state index is 12.9. The molecule has 29 heavy (non-hydrogen) atoms. The highest BCUT2D eigenvalue weighted by molar-refractivity contribution is 6.03. The van der Waals surface area contributed by atoms with E-state index in [4.69, 9.17) is 0 Å². The molecule has 1 aliphatic carbocycles. The molecule has 1 fully saturated rings. The molecule has 4 rings (SSSR count). The first kappa shape index (κ1) is 19.5. The summed E-state index contributed by atoms with van der Waals surface area (Å²) in [6.45, 7) is 0.724. The summed E-state index contributed by atoms with van der Waals surface area (Å²) in [5.74, 6) is -0.0874. The minimum absolute atomic E-state index is 0.142. The van der Waals surface area contributed by atoms with E-state index in [0.717, 1.165) is 62.9 Å². The second-order valence-electron chi connectivity index (χ2n) is 8.19. The summed E-state index contributed by atoms with van der Waals surface area (Å²) in [6.07, 6.45) is 7.16. The SMILES string of the molecule is CN(C)c1ccc(NC(=O)c2nc(C(=O)NC3CCCC3)c3n2CCCC3)cc1. The molecule has 7 heteroatoms. The van der Waals surface area contributed by atoms with E-state index in [2.05, 4.69) is 15.6 Å². The third kappa shape index (κ3) is 4.13. The van der Waals surface area contributed by atoms with Crippen molar-refractivity contribution in [2.75, 3.05) is 24.3 Å². The third-order valence-electron chi connectivity index (χ3n) is 5.87. The van der Waals surface area contributed by atoms with Crippen molar-refractivity contribution in [1.82, 2.24) is 14.9 Å². The molecular formula is C22H29N5O2. The van der Waals surface area contributed by atoms with Crippen LogP contribution in [0.15, 0.2) is 24.3 Å². The lowest BCUT2D eigenvalue weighted by atomic mass is 10.1. The van der Waals surface area contributed by atoms with Gasteiger partial charge in [-0.3, -0.25) is 9.59 Å². The van der Waals surface area contributed by atoms with Crippen LogP contribution >= 0.6 is 0 Å². The van der Waals surface area contributed by atoms with Crippen LogP contribution in [0.5, 0.6) is 0 Å². The number of hydrogen-bond donors (Lipinski definition) is 2. The molecule has 0 radical (unpaired) electrons. The fraction of sp³-hybridized carbons (Fsp3) is 0.500. The summed E-state index contributed by atoms with van der Waals surface area (Å²) < 4.78 is 1.93. The van der Waals surface area contributed by atoms with Crippen LogP contribution in [-0.4, -0.2) is 41.5 Å². The molecule has 154 valence electrons. The van der Waals surface area contributed by atoms with Crippen molar-refractivity contribution in [1.29, 1.82) is 0 Å². The van der Waals surface area contributed by atoms with Crippen molar-refractivity contribution >= 4 is 23.2 Å². The van der Waals surface area contributed by atoms with Gasteiger partial charge in [0.2, 0.25) is 0 Å². The first-order valence-electron chi connectivity index (χ1n) is 10.5. The Hall–Kier alpha value is -2.83. The number of rotatable bonds is 5. The van der Waals surface area contributed by atoms with E-state index < -0.39 is 0 Å². The molecule has 1 aromatic heterocycles. The average molecular weight is 396 g/mol. The number of hydrogen-bond acceptors (Lipinski definition) is 4. The van der Waals surface area contributed by atoms with Gasteiger partial charge in [-0.05, 0) is 56.4 Å². The standard InChI is InChI=1S/C22H29N5O2/c1-26(2)17-12-10-16(11-13-17)24-22(29)20-25-19(18-9-5-6-14-27(18)20)21(28)23-15-7-3-4-8-15/h10-13,15H,3-9,14H2,1-2H3,(H,23,28)(H,24,29). The van der Waals surface area contributed by atoms with Gasteiger partial charge >= 0.3 is 0 Å². The largest absolute Gasteiger partial charge is 0.378 e. The summed E-state index contributed by atoms with van der Waals surface area (Å²) in [5.41, 5.74) is 3.09. The van der Waals surface area contributed by atoms with Gasteiger partial charge in [-0.25, -0.2) is 4.98 Å². The Bertz CT molecular complexity index is 895. The van der Waals surface area contributed by atoms with Crippen molar-refractivity contribution in [2.24, 2.45) is 0 Å². The highest BCUT2D eigenvalue weighted by Crippen LogP contribution is 2.24. The summed E-state index contributed by atoms with van der Waals surface area (Å²) in [4.78, 5) is 32.3. The van der Waals surface area contributed by atoms with Gasteiger partial charge in [0.15, 0.2) is 5.82 Å². The minimum atomic E-state index is -0.273. The van der Waals surface area contributed by atoms with Crippen LogP contribution in [0.4, 0.5) is 11.4 Å². The maximum Gasteiger partial charge on any atom is 0.291 e. The number of nitrogens with one attached hydrogen (secondary N) is 2. The first-order chi connectivity index (χ1) is 14.0. The number of anilines is 2. The Morgan fingerprint density at radius 1 is 1.03 bits per heavy atom. The number of nitrogens with zero attached hydrogens (tertiary/aromatic N) is 3. The lowest BCUT2D eigenvalue weighted by Crippen LogP contribution is -2.33. The number of amides is 2. The average Bonchev–Trinajstić information content (AvgIpc) is 3.36. The topological polar surface area (TPSA) is 79.3 Å². The van der Waals surface area contributed by atoms with Crippen molar-refractivity contribution in [3.05, 3.63) is 41.5 Å². The van der Waals surface area contributed by atoms with Gasteiger partial charge < -0.3 is 20.1 Å². The molecule has 0 bridgehead atoms. The zero-order chi connectivity index (χ0) is 20.4. The zero-order valence-corrected chi connectivity index (χ0v) is 17.2. The van der Waals surface area contributed by atoms with Gasteiger partial charge in [-0.15, -0.1) is 0 Å². The van der Waals surface area contributed by atoms with Crippen molar-refractivity contribution < 1.29 is 9.59 Å². The van der Waals surface area contributed by atoms with Gasteiger partial charge in [-0.2, -0.15) is 0 Å². The van der Waals surface area contributed by atoms with Crippen LogP contribution in [-0.2, 0) is 13.0 Å². The molecule has 7 nitrogen and oxygen atoms in total. The Morgan fingerprint density at radius 2 is 1.76 bits per heavy atom. The summed E-state index contributed by atoms with van der Waals surface area (Å²) in [7, 11) is 3.95. The molecule has 0 unspecified atom stereocenters. The second-order valence-corrected chi connectivity index (χ2v) is 8.19. The molecule has 1 saturated carbocycles. The van der Waals surface area contributed by atoms with Crippen molar-refractivity contribution in [2.45, 2.75) is 57.5 Å². The predicted molar refractivity (Wildman–Crippen MR) is 114 cm³/mol. The van der Waals surface area contributed by atoms with Crippen LogP contribution in [0, 0.1) is 0 Å². The fourth-order valence-corrected chi connectivity index (χ4v) is 4.25. The summed E-state index contributed by atoms with van der Waals surface area (Å²) in [5, 5.41) is 6.04. The molecule has 2 N–H and O–H groups in total. The van der Waals surface area contributed by atoms with E-state index in [1.54, 1.807) is 0 Å². The summed E-state index contributed by atoms with van der Waals surface area (Å²) in [6, 6.07) is 7.90. The normalized spacial score (nSPS) is 16.3. The highest BCUT2D eigenvalue weighted by atomic mass is 16.2. The lowest BCUT2D eigenvalue weighted by molar-refractivity contribution is 0.0931. The number of benzene rings is 1.